The largest absolute Gasteiger partial charge is 0.372 e. The number of thiazole rings is 1. The minimum absolute atomic E-state index is 0.573. The lowest BCUT2D eigenvalue weighted by atomic mass is 10.1. The second kappa shape index (κ2) is 11.5. The van der Waals surface area contributed by atoms with E-state index in [1.807, 2.05) is 31.2 Å². The Labute approximate surface area is 183 Å². The summed E-state index contributed by atoms with van der Waals surface area (Å²) in [5, 5.41) is 7.84. The van der Waals surface area contributed by atoms with Gasteiger partial charge in [-0.25, -0.2) is 9.98 Å². The van der Waals surface area contributed by atoms with Gasteiger partial charge in [0.2, 0.25) is 0 Å². The van der Waals surface area contributed by atoms with E-state index in [0.29, 0.717) is 19.8 Å². The fourth-order valence-electron chi connectivity index (χ4n) is 3.11. The van der Waals surface area contributed by atoms with Crippen molar-refractivity contribution in [3.63, 3.8) is 0 Å². The minimum atomic E-state index is 0.573. The molecule has 2 N–H and O–H groups in total. The predicted octanol–water partition coefficient (Wildman–Crippen LogP) is 4.73. The summed E-state index contributed by atoms with van der Waals surface area (Å²) >= 11 is 1.73. The van der Waals surface area contributed by atoms with E-state index in [9.17, 15) is 0 Å². The average molecular weight is 423 g/mol. The standard InChI is InChI=1S/C24H30N4OS/c1-4-25-24(27-15-23-18(2)28-19(3)30-23)26-14-21-12-8-9-13-22(21)17-29-16-20-10-6-5-7-11-20/h5-13H,4,14-17H2,1-3H3,(H2,25,26,27). The van der Waals surface area contributed by atoms with Gasteiger partial charge in [-0.1, -0.05) is 54.6 Å². The summed E-state index contributed by atoms with van der Waals surface area (Å²) in [7, 11) is 0. The van der Waals surface area contributed by atoms with Crippen molar-refractivity contribution in [2.75, 3.05) is 6.54 Å². The molecule has 1 aromatic heterocycles. The van der Waals surface area contributed by atoms with E-state index in [1.54, 1.807) is 11.3 Å². The average Bonchev–Trinajstić information content (AvgIpc) is 3.08. The van der Waals surface area contributed by atoms with E-state index in [-0.39, 0.29) is 0 Å². The molecule has 0 spiro atoms. The van der Waals surface area contributed by atoms with Gasteiger partial charge in [-0.05, 0) is 37.5 Å². The molecule has 30 heavy (non-hydrogen) atoms. The molecule has 3 aromatic rings. The third-order valence-corrected chi connectivity index (χ3v) is 5.73. The highest BCUT2D eigenvalue weighted by Gasteiger charge is 2.07. The quantitative estimate of drug-likeness (QED) is 0.387. The van der Waals surface area contributed by atoms with Crippen molar-refractivity contribution in [3.05, 3.63) is 86.9 Å². The Hall–Kier alpha value is -2.70. The first kappa shape index (κ1) is 22.0. The first-order valence-electron chi connectivity index (χ1n) is 10.3. The Morgan fingerprint density at radius 2 is 1.70 bits per heavy atom. The van der Waals surface area contributed by atoms with Crippen LogP contribution < -0.4 is 10.6 Å². The molecule has 0 saturated carbocycles. The highest BCUT2D eigenvalue weighted by molar-refractivity contribution is 7.11. The molecule has 3 rings (SSSR count). The van der Waals surface area contributed by atoms with E-state index in [2.05, 4.69) is 59.8 Å². The number of rotatable bonds is 9. The van der Waals surface area contributed by atoms with Gasteiger partial charge >= 0.3 is 0 Å². The van der Waals surface area contributed by atoms with Gasteiger partial charge in [0.25, 0.3) is 0 Å². The Morgan fingerprint density at radius 3 is 2.40 bits per heavy atom. The van der Waals surface area contributed by atoms with Gasteiger partial charge in [-0.15, -0.1) is 11.3 Å². The van der Waals surface area contributed by atoms with E-state index < -0.39 is 0 Å². The number of aliphatic imine (C=N–C) groups is 1. The number of hydrogen-bond acceptors (Lipinski definition) is 4. The molecule has 0 radical (unpaired) electrons. The van der Waals surface area contributed by atoms with E-state index in [1.165, 1.54) is 21.6 Å². The van der Waals surface area contributed by atoms with Crippen LogP contribution in [-0.2, 0) is 31.0 Å². The molecule has 0 aliphatic rings. The van der Waals surface area contributed by atoms with Crippen LogP contribution in [0.15, 0.2) is 59.6 Å². The zero-order valence-corrected chi connectivity index (χ0v) is 18.8. The van der Waals surface area contributed by atoms with Crippen molar-refractivity contribution in [2.24, 2.45) is 4.99 Å². The molecule has 0 fully saturated rings. The van der Waals surface area contributed by atoms with Crippen molar-refractivity contribution in [1.82, 2.24) is 15.6 Å². The van der Waals surface area contributed by atoms with Crippen LogP contribution in [0, 0.1) is 13.8 Å². The van der Waals surface area contributed by atoms with Gasteiger partial charge in [-0.3, -0.25) is 0 Å². The van der Waals surface area contributed by atoms with Crippen LogP contribution in [0.4, 0.5) is 0 Å². The first-order valence-corrected chi connectivity index (χ1v) is 11.1. The zero-order valence-electron chi connectivity index (χ0n) is 17.9. The second-order valence-corrected chi connectivity index (χ2v) is 8.33. The lowest BCUT2D eigenvalue weighted by Gasteiger charge is -2.12. The van der Waals surface area contributed by atoms with Crippen LogP contribution >= 0.6 is 11.3 Å². The smallest absolute Gasteiger partial charge is 0.191 e. The van der Waals surface area contributed by atoms with Gasteiger partial charge in [0, 0.05) is 11.4 Å². The lowest BCUT2D eigenvalue weighted by Crippen LogP contribution is -2.36. The number of guanidine groups is 1. The van der Waals surface area contributed by atoms with Gasteiger partial charge < -0.3 is 15.4 Å². The van der Waals surface area contributed by atoms with E-state index in [4.69, 9.17) is 9.73 Å². The summed E-state index contributed by atoms with van der Waals surface area (Å²) in [6.07, 6.45) is 0. The van der Waals surface area contributed by atoms with Crippen LogP contribution in [0.25, 0.3) is 0 Å². The van der Waals surface area contributed by atoms with Crippen LogP contribution in [0.5, 0.6) is 0 Å². The Balaban J connectivity index is 1.60. The van der Waals surface area contributed by atoms with Crippen molar-refractivity contribution in [1.29, 1.82) is 0 Å². The summed E-state index contributed by atoms with van der Waals surface area (Å²) in [6.45, 7) is 9.48. The molecule has 2 aromatic carbocycles. The topological polar surface area (TPSA) is 58.5 Å². The maximum atomic E-state index is 5.94. The maximum Gasteiger partial charge on any atom is 0.191 e. The van der Waals surface area contributed by atoms with Crippen molar-refractivity contribution in [2.45, 2.75) is 47.1 Å². The van der Waals surface area contributed by atoms with Crippen LogP contribution in [0.2, 0.25) is 0 Å². The molecule has 0 amide bonds. The molecule has 0 aliphatic carbocycles. The van der Waals surface area contributed by atoms with Crippen molar-refractivity contribution >= 4 is 17.3 Å². The van der Waals surface area contributed by atoms with E-state index in [0.717, 1.165) is 29.8 Å². The fourth-order valence-corrected chi connectivity index (χ4v) is 3.99. The summed E-state index contributed by atoms with van der Waals surface area (Å²) in [6, 6.07) is 18.6. The zero-order chi connectivity index (χ0) is 21.2. The highest BCUT2D eigenvalue weighted by atomic mass is 32.1. The molecule has 0 atom stereocenters. The molecular weight excluding hydrogens is 392 g/mol. The molecule has 0 saturated heterocycles. The molecule has 0 aliphatic heterocycles. The number of nitrogens with one attached hydrogen (secondary N) is 2. The Morgan fingerprint density at radius 1 is 0.967 bits per heavy atom. The highest BCUT2D eigenvalue weighted by Crippen LogP contribution is 2.17. The summed E-state index contributed by atoms with van der Waals surface area (Å²) < 4.78 is 5.94. The van der Waals surface area contributed by atoms with Crippen LogP contribution in [0.3, 0.4) is 0 Å². The van der Waals surface area contributed by atoms with Gasteiger partial charge in [0.05, 0.1) is 37.0 Å². The molecule has 5 nitrogen and oxygen atoms in total. The van der Waals surface area contributed by atoms with Crippen LogP contribution in [-0.4, -0.2) is 17.5 Å². The second-order valence-electron chi connectivity index (χ2n) is 7.04. The SMILES string of the molecule is CCNC(=NCc1ccccc1COCc1ccccc1)NCc1sc(C)nc1C. The summed E-state index contributed by atoms with van der Waals surface area (Å²) in [5.41, 5.74) is 4.61. The van der Waals surface area contributed by atoms with Crippen molar-refractivity contribution in [3.8, 4) is 0 Å². The third kappa shape index (κ3) is 6.68. The Kier molecular flexibility index (Phi) is 8.41. The number of ether oxygens (including phenoxy) is 1. The number of aryl methyl sites for hydroxylation is 2. The van der Waals surface area contributed by atoms with Gasteiger partial charge in [0.1, 0.15) is 0 Å². The fraction of sp³-hybridized carbons (Fsp3) is 0.333. The Bertz CT molecular complexity index is 953. The predicted molar refractivity (Wildman–Crippen MR) is 125 cm³/mol. The molecule has 0 unspecified atom stereocenters. The summed E-state index contributed by atoms with van der Waals surface area (Å²) in [4.78, 5) is 10.5. The van der Waals surface area contributed by atoms with Gasteiger partial charge in [-0.2, -0.15) is 0 Å². The van der Waals surface area contributed by atoms with Crippen LogP contribution in [0.1, 0.15) is 39.2 Å². The first-order chi connectivity index (χ1) is 14.7. The molecule has 6 heteroatoms. The molecular formula is C24H30N4OS. The van der Waals surface area contributed by atoms with E-state index >= 15 is 0 Å². The summed E-state index contributed by atoms with van der Waals surface area (Å²) in [5.74, 6) is 0.808. The normalized spacial score (nSPS) is 11.5. The number of nitrogens with zero attached hydrogens (tertiary/aromatic N) is 2. The van der Waals surface area contributed by atoms with Crippen molar-refractivity contribution < 1.29 is 4.74 Å². The third-order valence-electron chi connectivity index (χ3n) is 4.66. The molecule has 0 bridgehead atoms. The number of benzene rings is 2. The minimum Gasteiger partial charge on any atom is -0.372 e. The monoisotopic (exact) mass is 422 g/mol. The number of aromatic nitrogens is 1. The lowest BCUT2D eigenvalue weighted by molar-refractivity contribution is 0.106. The molecule has 1 heterocycles. The molecule has 158 valence electrons. The van der Waals surface area contributed by atoms with Gasteiger partial charge in [0.15, 0.2) is 5.96 Å². The maximum absolute atomic E-state index is 5.94. The number of hydrogen-bond donors (Lipinski definition) is 2.